The van der Waals surface area contributed by atoms with Crippen molar-refractivity contribution in [3.8, 4) is 11.5 Å². The van der Waals surface area contributed by atoms with Gasteiger partial charge in [-0.15, -0.1) is 0 Å². The van der Waals surface area contributed by atoms with Gasteiger partial charge in [0, 0.05) is 6.20 Å². The lowest BCUT2D eigenvalue weighted by Gasteiger charge is -2.19. The number of ether oxygens (including phenoxy) is 2. The first kappa shape index (κ1) is 19.0. The molecule has 1 aromatic carbocycles. The van der Waals surface area contributed by atoms with Crippen molar-refractivity contribution in [2.75, 3.05) is 18.5 Å². The number of aryl methyl sites for hydroxylation is 1. The summed E-state index contributed by atoms with van der Waals surface area (Å²) >= 11 is 5.39. The van der Waals surface area contributed by atoms with E-state index in [0.29, 0.717) is 18.3 Å². The molecular formula is C19H25N3O2S. The Bertz CT molecular complexity index is 722. The lowest BCUT2D eigenvalue weighted by molar-refractivity contribution is 0.287. The first-order chi connectivity index (χ1) is 12.0. The summed E-state index contributed by atoms with van der Waals surface area (Å²) in [5, 5.41) is 6.90. The second kappa shape index (κ2) is 9.22. The molecule has 6 heteroatoms. The van der Waals surface area contributed by atoms with Crippen LogP contribution in [0.3, 0.4) is 0 Å². The Morgan fingerprint density at radius 2 is 1.84 bits per heavy atom. The SMILES string of the molecule is CCOc1ccc([C@@H](C)NC(=S)Nc2cc(C)ccn2)cc1OCC. The maximum absolute atomic E-state index is 5.68. The topological polar surface area (TPSA) is 55.4 Å². The molecule has 0 saturated carbocycles. The number of anilines is 1. The zero-order valence-corrected chi connectivity index (χ0v) is 15.9. The minimum atomic E-state index is 0.0136. The molecule has 0 aliphatic rings. The summed E-state index contributed by atoms with van der Waals surface area (Å²) in [5.41, 5.74) is 2.19. The second-order valence-electron chi connectivity index (χ2n) is 5.61. The molecule has 2 rings (SSSR count). The summed E-state index contributed by atoms with van der Waals surface area (Å²) in [6, 6.07) is 9.83. The molecule has 0 aliphatic heterocycles. The fraction of sp³-hybridized carbons (Fsp3) is 0.368. The van der Waals surface area contributed by atoms with Gasteiger partial charge in [-0.2, -0.15) is 0 Å². The summed E-state index contributed by atoms with van der Waals surface area (Å²) < 4.78 is 11.3. The van der Waals surface area contributed by atoms with Crippen LogP contribution in [0.2, 0.25) is 0 Å². The summed E-state index contributed by atoms with van der Waals surface area (Å²) in [6.45, 7) is 9.16. The minimum absolute atomic E-state index is 0.0136. The number of nitrogens with one attached hydrogen (secondary N) is 2. The van der Waals surface area contributed by atoms with E-state index in [4.69, 9.17) is 21.7 Å². The lowest BCUT2D eigenvalue weighted by Crippen LogP contribution is -2.31. The van der Waals surface area contributed by atoms with Crippen LogP contribution in [0, 0.1) is 6.92 Å². The van der Waals surface area contributed by atoms with Gasteiger partial charge in [-0.1, -0.05) is 6.07 Å². The number of rotatable bonds is 7. The van der Waals surface area contributed by atoms with Gasteiger partial charge in [0.25, 0.3) is 0 Å². The van der Waals surface area contributed by atoms with E-state index in [0.717, 1.165) is 28.4 Å². The molecule has 25 heavy (non-hydrogen) atoms. The van der Waals surface area contributed by atoms with Crippen LogP contribution < -0.4 is 20.1 Å². The lowest BCUT2D eigenvalue weighted by atomic mass is 10.1. The maximum atomic E-state index is 5.68. The molecule has 0 radical (unpaired) electrons. The van der Waals surface area contributed by atoms with Crippen LogP contribution in [0.5, 0.6) is 11.5 Å². The van der Waals surface area contributed by atoms with Crippen molar-refractivity contribution in [3.05, 3.63) is 47.7 Å². The Balaban J connectivity index is 2.05. The highest BCUT2D eigenvalue weighted by atomic mass is 32.1. The van der Waals surface area contributed by atoms with Crippen LogP contribution in [0.15, 0.2) is 36.5 Å². The fourth-order valence-electron chi connectivity index (χ4n) is 2.37. The second-order valence-corrected chi connectivity index (χ2v) is 6.02. The molecule has 0 aliphatic carbocycles. The zero-order chi connectivity index (χ0) is 18.2. The molecule has 2 N–H and O–H groups in total. The van der Waals surface area contributed by atoms with Gasteiger partial charge in [0.1, 0.15) is 5.82 Å². The Morgan fingerprint density at radius 3 is 2.52 bits per heavy atom. The standard InChI is InChI=1S/C19H25N3O2S/c1-5-23-16-8-7-15(12-17(16)24-6-2)14(4)21-19(25)22-18-11-13(3)9-10-20-18/h7-12,14H,5-6H2,1-4H3,(H2,20,21,22,25)/t14-/m1/s1. The van der Waals surface area contributed by atoms with Gasteiger partial charge in [0.15, 0.2) is 16.6 Å². The van der Waals surface area contributed by atoms with Crippen LogP contribution in [0.1, 0.15) is 37.9 Å². The summed E-state index contributed by atoms with van der Waals surface area (Å²) in [6.07, 6.45) is 1.75. The number of hydrogen-bond acceptors (Lipinski definition) is 4. The first-order valence-electron chi connectivity index (χ1n) is 8.43. The van der Waals surface area contributed by atoms with Crippen molar-refractivity contribution in [1.82, 2.24) is 10.3 Å². The molecule has 1 atom stereocenters. The summed E-state index contributed by atoms with van der Waals surface area (Å²) in [5.74, 6) is 2.23. The van der Waals surface area contributed by atoms with Crippen molar-refractivity contribution in [1.29, 1.82) is 0 Å². The maximum Gasteiger partial charge on any atom is 0.172 e. The Morgan fingerprint density at radius 1 is 1.12 bits per heavy atom. The van der Waals surface area contributed by atoms with E-state index in [-0.39, 0.29) is 6.04 Å². The van der Waals surface area contributed by atoms with Gasteiger partial charge in [-0.3, -0.25) is 0 Å². The van der Waals surface area contributed by atoms with Gasteiger partial charge in [-0.05, 0) is 75.3 Å². The highest BCUT2D eigenvalue weighted by Gasteiger charge is 2.12. The van der Waals surface area contributed by atoms with E-state index in [2.05, 4.69) is 15.6 Å². The molecule has 0 unspecified atom stereocenters. The third kappa shape index (κ3) is 5.60. The van der Waals surface area contributed by atoms with Crippen LogP contribution in [0.4, 0.5) is 5.82 Å². The van der Waals surface area contributed by atoms with Crippen LogP contribution in [-0.4, -0.2) is 23.3 Å². The normalized spacial score (nSPS) is 11.5. The largest absolute Gasteiger partial charge is 0.490 e. The fourth-order valence-corrected chi connectivity index (χ4v) is 2.66. The Labute approximate surface area is 154 Å². The van der Waals surface area contributed by atoms with E-state index < -0.39 is 0 Å². The van der Waals surface area contributed by atoms with Crippen molar-refractivity contribution >= 4 is 23.1 Å². The number of thiocarbonyl (C=S) groups is 1. The predicted octanol–water partition coefficient (Wildman–Crippen LogP) is 4.24. The zero-order valence-electron chi connectivity index (χ0n) is 15.1. The molecule has 1 heterocycles. The van der Waals surface area contributed by atoms with Crippen molar-refractivity contribution in [3.63, 3.8) is 0 Å². The third-order valence-electron chi connectivity index (χ3n) is 3.57. The number of nitrogens with zero attached hydrogens (tertiary/aromatic N) is 1. The predicted molar refractivity (Wildman–Crippen MR) is 106 cm³/mol. The molecular weight excluding hydrogens is 334 g/mol. The molecule has 134 valence electrons. The molecule has 5 nitrogen and oxygen atoms in total. The van der Waals surface area contributed by atoms with Crippen molar-refractivity contribution in [2.24, 2.45) is 0 Å². The average Bonchev–Trinajstić information content (AvgIpc) is 2.56. The summed E-state index contributed by atoms with van der Waals surface area (Å²) in [7, 11) is 0. The molecule has 1 aromatic heterocycles. The van der Waals surface area contributed by atoms with Gasteiger partial charge in [-0.25, -0.2) is 4.98 Å². The highest BCUT2D eigenvalue weighted by molar-refractivity contribution is 7.80. The highest BCUT2D eigenvalue weighted by Crippen LogP contribution is 2.30. The van der Waals surface area contributed by atoms with Gasteiger partial charge >= 0.3 is 0 Å². The quantitative estimate of drug-likeness (QED) is 0.722. The van der Waals surface area contributed by atoms with E-state index in [1.807, 2.05) is 58.0 Å². The molecule has 0 bridgehead atoms. The number of aromatic nitrogens is 1. The molecule has 0 saturated heterocycles. The van der Waals surface area contributed by atoms with Crippen LogP contribution in [-0.2, 0) is 0 Å². The van der Waals surface area contributed by atoms with Crippen molar-refractivity contribution in [2.45, 2.75) is 33.7 Å². The van der Waals surface area contributed by atoms with E-state index in [9.17, 15) is 0 Å². The minimum Gasteiger partial charge on any atom is -0.490 e. The average molecular weight is 359 g/mol. The number of pyridine rings is 1. The van der Waals surface area contributed by atoms with Crippen LogP contribution >= 0.6 is 12.2 Å². The van der Waals surface area contributed by atoms with E-state index in [1.165, 1.54) is 0 Å². The Kier molecular flexibility index (Phi) is 7.01. The number of benzene rings is 1. The van der Waals surface area contributed by atoms with Crippen LogP contribution in [0.25, 0.3) is 0 Å². The van der Waals surface area contributed by atoms with E-state index in [1.54, 1.807) is 6.20 Å². The monoisotopic (exact) mass is 359 g/mol. The van der Waals surface area contributed by atoms with Gasteiger partial charge in [0.2, 0.25) is 0 Å². The van der Waals surface area contributed by atoms with Gasteiger partial charge in [0.05, 0.1) is 19.3 Å². The Hall–Kier alpha value is -2.34. The molecule has 0 fully saturated rings. The van der Waals surface area contributed by atoms with Crippen molar-refractivity contribution < 1.29 is 9.47 Å². The van der Waals surface area contributed by atoms with E-state index >= 15 is 0 Å². The first-order valence-corrected chi connectivity index (χ1v) is 8.84. The smallest absolute Gasteiger partial charge is 0.172 e. The molecule has 0 spiro atoms. The van der Waals surface area contributed by atoms with Gasteiger partial charge < -0.3 is 20.1 Å². The third-order valence-corrected chi connectivity index (χ3v) is 3.79. The molecule has 2 aromatic rings. The summed E-state index contributed by atoms with van der Waals surface area (Å²) in [4.78, 5) is 4.25. The number of hydrogen-bond donors (Lipinski definition) is 2. The molecule has 0 amide bonds.